The average Bonchev–Trinajstić information content (AvgIpc) is 2.69. The smallest absolute Gasteiger partial charge is 0.251 e. The van der Waals surface area contributed by atoms with Gasteiger partial charge in [0.2, 0.25) is 0 Å². The zero-order valence-electron chi connectivity index (χ0n) is 8.87. The van der Waals surface area contributed by atoms with Gasteiger partial charge in [-0.1, -0.05) is 6.92 Å². The van der Waals surface area contributed by atoms with Crippen molar-refractivity contribution in [2.75, 3.05) is 19.7 Å². The van der Waals surface area contributed by atoms with E-state index in [1.165, 1.54) is 6.42 Å². The fourth-order valence-corrected chi connectivity index (χ4v) is 2.37. The summed E-state index contributed by atoms with van der Waals surface area (Å²) in [6, 6.07) is 0. The van der Waals surface area contributed by atoms with Gasteiger partial charge in [-0.15, -0.1) is 0 Å². The standard InChI is InChI=1S/C11H19NO2/c1-9-4-2-6-12(8-9)11(13)10-5-3-7-14-10/h9-10H,2-8H2,1H3/t9-,10-/m1/s1. The van der Waals surface area contributed by atoms with Gasteiger partial charge in [-0.05, 0) is 31.6 Å². The third-order valence-corrected chi connectivity index (χ3v) is 3.17. The first kappa shape index (κ1) is 9.97. The Morgan fingerprint density at radius 2 is 2.21 bits per heavy atom. The quantitative estimate of drug-likeness (QED) is 0.636. The number of likely N-dealkylation sites (tertiary alicyclic amines) is 1. The number of carbonyl (C=O) groups is 1. The van der Waals surface area contributed by atoms with Crippen LogP contribution in [0.2, 0.25) is 0 Å². The number of ether oxygens (including phenoxy) is 1. The predicted octanol–water partition coefficient (Wildman–Crippen LogP) is 1.42. The van der Waals surface area contributed by atoms with Crippen LogP contribution in [0.15, 0.2) is 0 Å². The summed E-state index contributed by atoms with van der Waals surface area (Å²) in [7, 11) is 0. The molecule has 1 amide bonds. The highest BCUT2D eigenvalue weighted by atomic mass is 16.5. The molecule has 14 heavy (non-hydrogen) atoms. The van der Waals surface area contributed by atoms with Gasteiger partial charge in [0.15, 0.2) is 0 Å². The van der Waals surface area contributed by atoms with Gasteiger partial charge < -0.3 is 9.64 Å². The highest BCUT2D eigenvalue weighted by Gasteiger charge is 2.30. The van der Waals surface area contributed by atoms with Gasteiger partial charge in [-0.25, -0.2) is 0 Å². The molecule has 3 nitrogen and oxygen atoms in total. The molecule has 2 heterocycles. The maximum absolute atomic E-state index is 11.9. The molecule has 0 aromatic rings. The molecule has 2 atom stereocenters. The molecule has 0 spiro atoms. The second-order valence-electron chi connectivity index (χ2n) is 4.53. The van der Waals surface area contributed by atoms with Gasteiger partial charge in [-0.2, -0.15) is 0 Å². The van der Waals surface area contributed by atoms with E-state index in [1.807, 2.05) is 4.90 Å². The van der Waals surface area contributed by atoms with Crippen molar-refractivity contribution < 1.29 is 9.53 Å². The van der Waals surface area contributed by atoms with Crippen LogP contribution in [-0.2, 0) is 9.53 Å². The van der Waals surface area contributed by atoms with E-state index in [0.29, 0.717) is 5.92 Å². The zero-order chi connectivity index (χ0) is 9.97. The highest BCUT2D eigenvalue weighted by molar-refractivity contribution is 5.81. The second kappa shape index (κ2) is 4.30. The van der Waals surface area contributed by atoms with Crippen molar-refractivity contribution in [3.8, 4) is 0 Å². The average molecular weight is 197 g/mol. The van der Waals surface area contributed by atoms with E-state index < -0.39 is 0 Å². The van der Waals surface area contributed by atoms with E-state index in [4.69, 9.17) is 4.74 Å². The maximum atomic E-state index is 11.9. The number of nitrogens with zero attached hydrogens (tertiary/aromatic N) is 1. The Balaban J connectivity index is 1.89. The van der Waals surface area contributed by atoms with Gasteiger partial charge in [-0.3, -0.25) is 4.79 Å². The van der Waals surface area contributed by atoms with Crippen molar-refractivity contribution in [3.05, 3.63) is 0 Å². The molecule has 2 rings (SSSR count). The van der Waals surface area contributed by atoms with Crippen LogP contribution in [0.3, 0.4) is 0 Å². The summed E-state index contributed by atoms with van der Waals surface area (Å²) in [6.07, 6.45) is 4.25. The van der Waals surface area contributed by atoms with Gasteiger partial charge >= 0.3 is 0 Å². The SMILES string of the molecule is C[C@@H]1CCCN(C(=O)[C@H]2CCCO2)C1. The van der Waals surface area contributed by atoms with Gasteiger partial charge in [0.1, 0.15) is 6.10 Å². The molecule has 0 aromatic carbocycles. The van der Waals surface area contributed by atoms with E-state index in [0.717, 1.165) is 39.0 Å². The number of piperidine rings is 1. The Morgan fingerprint density at radius 1 is 1.36 bits per heavy atom. The summed E-state index contributed by atoms with van der Waals surface area (Å²) >= 11 is 0. The Kier molecular flexibility index (Phi) is 3.06. The van der Waals surface area contributed by atoms with Crippen LogP contribution >= 0.6 is 0 Å². The zero-order valence-corrected chi connectivity index (χ0v) is 8.87. The summed E-state index contributed by atoms with van der Waals surface area (Å²) in [6.45, 7) is 4.84. The first-order chi connectivity index (χ1) is 6.77. The molecule has 2 fully saturated rings. The number of hydrogen-bond acceptors (Lipinski definition) is 2. The maximum Gasteiger partial charge on any atom is 0.251 e. The molecule has 2 aliphatic heterocycles. The first-order valence-corrected chi connectivity index (χ1v) is 5.68. The molecule has 2 aliphatic rings. The molecular formula is C11H19NO2. The highest BCUT2D eigenvalue weighted by Crippen LogP contribution is 2.20. The molecule has 0 N–H and O–H groups in total. The molecule has 0 radical (unpaired) electrons. The minimum Gasteiger partial charge on any atom is -0.368 e. The van der Waals surface area contributed by atoms with Crippen LogP contribution in [0.25, 0.3) is 0 Å². The van der Waals surface area contributed by atoms with Crippen molar-refractivity contribution in [3.63, 3.8) is 0 Å². The van der Waals surface area contributed by atoms with Crippen molar-refractivity contribution in [1.29, 1.82) is 0 Å². The van der Waals surface area contributed by atoms with Crippen molar-refractivity contribution in [2.24, 2.45) is 5.92 Å². The number of rotatable bonds is 1. The Labute approximate surface area is 85.4 Å². The van der Waals surface area contributed by atoms with Crippen LogP contribution in [0.1, 0.15) is 32.6 Å². The first-order valence-electron chi connectivity index (χ1n) is 5.68. The Morgan fingerprint density at radius 3 is 2.86 bits per heavy atom. The normalized spacial score (nSPS) is 33.4. The molecule has 2 saturated heterocycles. The Bertz CT molecular complexity index is 211. The predicted molar refractivity (Wildman–Crippen MR) is 54.0 cm³/mol. The lowest BCUT2D eigenvalue weighted by molar-refractivity contribution is -0.142. The molecule has 0 unspecified atom stereocenters. The summed E-state index contributed by atoms with van der Waals surface area (Å²) in [5, 5.41) is 0. The van der Waals surface area contributed by atoms with Crippen LogP contribution in [-0.4, -0.2) is 36.6 Å². The van der Waals surface area contributed by atoms with E-state index >= 15 is 0 Å². The number of hydrogen-bond donors (Lipinski definition) is 0. The minimum absolute atomic E-state index is 0.125. The fourth-order valence-electron chi connectivity index (χ4n) is 2.37. The van der Waals surface area contributed by atoms with E-state index in [2.05, 4.69) is 6.92 Å². The number of carbonyl (C=O) groups excluding carboxylic acids is 1. The molecule has 0 aliphatic carbocycles. The lowest BCUT2D eigenvalue weighted by atomic mass is 9.99. The van der Waals surface area contributed by atoms with E-state index in [-0.39, 0.29) is 12.0 Å². The topological polar surface area (TPSA) is 29.5 Å². The van der Waals surface area contributed by atoms with Gasteiger partial charge in [0, 0.05) is 19.7 Å². The van der Waals surface area contributed by atoms with E-state index in [9.17, 15) is 4.79 Å². The van der Waals surface area contributed by atoms with Gasteiger partial charge in [0.05, 0.1) is 0 Å². The third-order valence-electron chi connectivity index (χ3n) is 3.17. The summed E-state index contributed by atoms with van der Waals surface area (Å²) in [5.74, 6) is 0.892. The van der Waals surface area contributed by atoms with Crippen LogP contribution < -0.4 is 0 Å². The summed E-state index contributed by atoms with van der Waals surface area (Å²) in [5.41, 5.74) is 0. The molecule has 0 saturated carbocycles. The number of amides is 1. The largest absolute Gasteiger partial charge is 0.368 e. The fraction of sp³-hybridized carbons (Fsp3) is 0.909. The molecule has 0 bridgehead atoms. The van der Waals surface area contributed by atoms with Gasteiger partial charge in [0.25, 0.3) is 5.91 Å². The monoisotopic (exact) mass is 197 g/mol. The van der Waals surface area contributed by atoms with Crippen molar-refractivity contribution >= 4 is 5.91 Å². The molecule has 80 valence electrons. The van der Waals surface area contributed by atoms with Crippen molar-refractivity contribution in [2.45, 2.75) is 38.7 Å². The molecule has 0 aromatic heterocycles. The minimum atomic E-state index is -0.125. The van der Waals surface area contributed by atoms with Crippen molar-refractivity contribution in [1.82, 2.24) is 4.90 Å². The van der Waals surface area contributed by atoms with Crippen LogP contribution in [0, 0.1) is 5.92 Å². The summed E-state index contributed by atoms with van der Waals surface area (Å²) < 4.78 is 5.41. The Hall–Kier alpha value is -0.570. The molecular weight excluding hydrogens is 178 g/mol. The van der Waals surface area contributed by atoms with Crippen LogP contribution in [0.5, 0.6) is 0 Å². The van der Waals surface area contributed by atoms with E-state index in [1.54, 1.807) is 0 Å². The lowest BCUT2D eigenvalue weighted by Crippen LogP contribution is -2.44. The summed E-state index contributed by atoms with van der Waals surface area (Å²) in [4.78, 5) is 13.9. The molecule has 3 heteroatoms. The third kappa shape index (κ3) is 2.08. The van der Waals surface area contributed by atoms with Crippen LogP contribution in [0.4, 0.5) is 0 Å². The second-order valence-corrected chi connectivity index (χ2v) is 4.53. The lowest BCUT2D eigenvalue weighted by Gasteiger charge is -2.32.